The first-order valence-electron chi connectivity index (χ1n) is 4.15. The van der Waals surface area contributed by atoms with Crippen molar-refractivity contribution in [2.45, 2.75) is 12.8 Å². The van der Waals surface area contributed by atoms with Crippen LogP contribution in [0.5, 0.6) is 0 Å². The topological polar surface area (TPSA) is 63.4 Å². The van der Waals surface area contributed by atoms with Gasteiger partial charge in [-0.2, -0.15) is 0 Å². The van der Waals surface area contributed by atoms with E-state index in [0.717, 1.165) is 12.8 Å². The maximum Gasteiger partial charge on any atom is 0.211 e. The van der Waals surface area contributed by atoms with Crippen LogP contribution in [0.15, 0.2) is 0 Å². The zero-order valence-corrected chi connectivity index (χ0v) is 9.20. The Balaban J connectivity index is 2.53. The van der Waals surface area contributed by atoms with Crippen LogP contribution in [-0.2, 0) is 10.0 Å². The summed E-state index contributed by atoms with van der Waals surface area (Å²) in [5.74, 6) is 0.216. The molecule has 0 saturated carbocycles. The minimum absolute atomic E-state index is 0.216. The molecule has 4 nitrogen and oxygen atoms in total. The summed E-state index contributed by atoms with van der Waals surface area (Å²) in [4.78, 5) is 0.508. The monoisotopic (exact) mass is 222 g/mol. The van der Waals surface area contributed by atoms with Gasteiger partial charge in [0, 0.05) is 19.0 Å². The van der Waals surface area contributed by atoms with Crippen molar-refractivity contribution in [2.24, 2.45) is 11.7 Å². The molecule has 0 spiro atoms. The highest BCUT2D eigenvalue weighted by Gasteiger charge is 2.25. The number of nitrogens with two attached hydrogens (primary N) is 1. The maximum absolute atomic E-state index is 11.1. The Labute approximate surface area is 84.1 Å². The Morgan fingerprint density at radius 1 is 1.46 bits per heavy atom. The van der Waals surface area contributed by atoms with E-state index >= 15 is 0 Å². The summed E-state index contributed by atoms with van der Waals surface area (Å²) in [6, 6.07) is 0. The Morgan fingerprint density at radius 3 is 2.23 bits per heavy atom. The van der Waals surface area contributed by atoms with Gasteiger partial charge in [0.05, 0.1) is 11.2 Å². The van der Waals surface area contributed by atoms with Gasteiger partial charge in [0.15, 0.2) is 0 Å². The van der Waals surface area contributed by atoms with Crippen molar-refractivity contribution in [1.29, 1.82) is 0 Å². The summed E-state index contributed by atoms with van der Waals surface area (Å²) >= 11 is 4.86. The molecule has 1 rings (SSSR count). The van der Waals surface area contributed by atoms with Crippen molar-refractivity contribution in [1.82, 2.24) is 4.31 Å². The fourth-order valence-corrected chi connectivity index (χ4v) is 2.58. The van der Waals surface area contributed by atoms with E-state index in [1.165, 1.54) is 10.6 Å². The van der Waals surface area contributed by atoms with E-state index in [1.807, 2.05) is 0 Å². The predicted molar refractivity (Wildman–Crippen MR) is 55.9 cm³/mol. The molecule has 76 valence electrons. The Kier molecular flexibility index (Phi) is 3.26. The normalized spacial score (nSPS) is 21.6. The third kappa shape index (κ3) is 2.89. The van der Waals surface area contributed by atoms with Crippen molar-refractivity contribution in [3.8, 4) is 0 Å². The highest BCUT2D eigenvalue weighted by atomic mass is 32.2. The Bertz CT molecular complexity index is 292. The smallest absolute Gasteiger partial charge is 0.211 e. The Hall–Kier alpha value is -0.200. The van der Waals surface area contributed by atoms with Crippen LogP contribution < -0.4 is 5.73 Å². The van der Waals surface area contributed by atoms with Crippen molar-refractivity contribution in [2.75, 3.05) is 19.3 Å². The molecule has 13 heavy (non-hydrogen) atoms. The predicted octanol–water partition coefficient (Wildman–Crippen LogP) is -0.0559. The molecule has 0 aliphatic carbocycles. The SMILES string of the molecule is CS(=O)(=O)N1CCC(C(N)=S)CC1. The highest BCUT2D eigenvalue weighted by molar-refractivity contribution is 7.88. The number of piperidine rings is 1. The molecular formula is C7H14N2O2S2. The molecule has 6 heteroatoms. The molecule has 0 aromatic rings. The molecule has 1 aliphatic heterocycles. The minimum Gasteiger partial charge on any atom is -0.393 e. The zero-order chi connectivity index (χ0) is 10.1. The molecule has 0 aromatic heterocycles. The van der Waals surface area contributed by atoms with Crippen LogP contribution in [0.1, 0.15) is 12.8 Å². The van der Waals surface area contributed by atoms with E-state index in [9.17, 15) is 8.42 Å². The van der Waals surface area contributed by atoms with Gasteiger partial charge in [0.2, 0.25) is 10.0 Å². The minimum atomic E-state index is -3.03. The van der Waals surface area contributed by atoms with Gasteiger partial charge < -0.3 is 5.73 Å². The quantitative estimate of drug-likeness (QED) is 0.665. The summed E-state index contributed by atoms with van der Waals surface area (Å²) in [6.45, 7) is 1.09. The van der Waals surface area contributed by atoms with Crippen molar-refractivity contribution in [3.63, 3.8) is 0 Å². The van der Waals surface area contributed by atoms with Crippen molar-refractivity contribution in [3.05, 3.63) is 0 Å². The average Bonchev–Trinajstić information content (AvgIpc) is 2.03. The lowest BCUT2D eigenvalue weighted by atomic mass is 9.98. The zero-order valence-electron chi connectivity index (χ0n) is 7.56. The van der Waals surface area contributed by atoms with Crippen LogP contribution in [0.25, 0.3) is 0 Å². The van der Waals surface area contributed by atoms with Crippen LogP contribution >= 0.6 is 12.2 Å². The van der Waals surface area contributed by atoms with Gasteiger partial charge >= 0.3 is 0 Å². The third-order valence-electron chi connectivity index (χ3n) is 2.33. The van der Waals surface area contributed by atoms with E-state index in [0.29, 0.717) is 18.1 Å². The van der Waals surface area contributed by atoms with Crippen LogP contribution in [0.4, 0.5) is 0 Å². The number of hydrogen-bond donors (Lipinski definition) is 1. The van der Waals surface area contributed by atoms with E-state index in [4.69, 9.17) is 18.0 Å². The number of sulfonamides is 1. The largest absolute Gasteiger partial charge is 0.393 e. The molecule has 1 heterocycles. The summed E-state index contributed by atoms with van der Waals surface area (Å²) in [5, 5.41) is 0. The lowest BCUT2D eigenvalue weighted by Crippen LogP contribution is -2.40. The molecule has 0 unspecified atom stereocenters. The van der Waals surface area contributed by atoms with Crippen LogP contribution in [0, 0.1) is 5.92 Å². The first-order valence-corrected chi connectivity index (χ1v) is 6.41. The molecule has 0 bridgehead atoms. The summed E-state index contributed by atoms with van der Waals surface area (Å²) in [5.41, 5.74) is 5.49. The van der Waals surface area contributed by atoms with Crippen molar-refractivity contribution < 1.29 is 8.42 Å². The molecule has 0 aromatic carbocycles. The lowest BCUT2D eigenvalue weighted by molar-refractivity contribution is 0.318. The number of hydrogen-bond acceptors (Lipinski definition) is 3. The summed E-state index contributed by atoms with van der Waals surface area (Å²) < 4.78 is 23.7. The molecule has 1 fully saturated rings. The molecule has 0 atom stereocenters. The van der Waals surface area contributed by atoms with Crippen LogP contribution in [0.2, 0.25) is 0 Å². The van der Waals surface area contributed by atoms with Crippen molar-refractivity contribution >= 4 is 27.2 Å². The van der Waals surface area contributed by atoms with E-state index in [1.54, 1.807) is 0 Å². The van der Waals surface area contributed by atoms with Gasteiger partial charge in [-0.05, 0) is 12.8 Å². The standard InChI is InChI=1S/C7H14N2O2S2/c1-13(10,11)9-4-2-6(3-5-9)7(8)12/h6H,2-5H2,1H3,(H2,8,12). The van der Waals surface area contributed by atoms with E-state index in [-0.39, 0.29) is 5.92 Å². The van der Waals surface area contributed by atoms with Gasteiger partial charge in [-0.1, -0.05) is 12.2 Å². The number of rotatable bonds is 2. The van der Waals surface area contributed by atoms with E-state index < -0.39 is 10.0 Å². The van der Waals surface area contributed by atoms with Gasteiger partial charge in [-0.25, -0.2) is 12.7 Å². The molecule has 1 aliphatic rings. The van der Waals surface area contributed by atoms with Gasteiger partial charge in [-0.3, -0.25) is 0 Å². The Morgan fingerprint density at radius 2 is 1.92 bits per heavy atom. The second-order valence-corrected chi connectivity index (χ2v) is 5.79. The molecule has 2 N–H and O–H groups in total. The van der Waals surface area contributed by atoms with Gasteiger partial charge in [0.1, 0.15) is 0 Å². The highest BCUT2D eigenvalue weighted by Crippen LogP contribution is 2.18. The van der Waals surface area contributed by atoms with E-state index in [2.05, 4.69) is 0 Å². The second kappa shape index (κ2) is 3.89. The average molecular weight is 222 g/mol. The number of thiocarbonyl (C=S) groups is 1. The van der Waals surface area contributed by atoms with Crippen LogP contribution in [0.3, 0.4) is 0 Å². The second-order valence-electron chi connectivity index (χ2n) is 3.34. The third-order valence-corrected chi connectivity index (χ3v) is 3.96. The lowest BCUT2D eigenvalue weighted by Gasteiger charge is -2.29. The van der Waals surface area contributed by atoms with Crippen LogP contribution in [-0.4, -0.2) is 37.1 Å². The number of nitrogens with zero attached hydrogens (tertiary/aromatic N) is 1. The molecular weight excluding hydrogens is 208 g/mol. The molecule has 0 radical (unpaired) electrons. The van der Waals surface area contributed by atoms with Gasteiger partial charge in [-0.15, -0.1) is 0 Å². The fraction of sp³-hybridized carbons (Fsp3) is 0.857. The summed E-state index contributed by atoms with van der Waals surface area (Å²) in [6.07, 6.45) is 2.74. The fourth-order valence-electron chi connectivity index (χ4n) is 1.47. The van der Waals surface area contributed by atoms with Gasteiger partial charge in [0.25, 0.3) is 0 Å². The summed E-state index contributed by atoms with van der Waals surface area (Å²) in [7, 11) is -3.03. The molecule has 1 saturated heterocycles. The first kappa shape index (κ1) is 10.9. The maximum atomic E-state index is 11.1. The first-order chi connectivity index (χ1) is 5.91. The molecule has 0 amide bonds.